The van der Waals surface area contributed by atoms with Crippen LogP contribution < -0.4 is 0 Å². The number of carbonyl (C=O) groups is 1. The lowest BCUT2D eigenvalue weighted by molar-refractivity contribution is 0.104. The van der Waals surface area contributed by atoms with Gasteiger partial charge in [0, 0.05) is 0 Å². The average Bonchev–Trinajstić information content (AvgIpc) is 2.41. The van der Waals surface area contributed by atoms with Crippen LogP contribution in [0.25, 0.3) is 6.08 Å². The lowest BCUT2D eigenvalue weighted by Gasteiger charge is -2.05. The molecule has 0 unspecified atom stereocenters. The van der Waals surface area contributed by atoms with Crippen molar-refractivity contribution in [3.8, 4) is 5.75 Å². The van der Waals surface area contributed by atoms with E-state index in [0.717, 1.165) is 11.1 Å². The van der Waals surface area contributed by atoms with Crippen LogP contribution in [0.3, 0.4) is 0 Å². The van der Waals surface area contributed by atoms with Gasteiger partial charge in [-0.1, -0.05) is 36.4 Å². The van der Waals surface area contributed by atoms with E-state index in [9.17, 15) is 9.90 Å². The van der Waals surface area contributed by atoms with E-state index in [1.165, 1.54) is 6.08 Å². The number of hydrogen-bond donors (Lipinski definition) is 1. The second kappa shape index (κ2) is 5.85. The Kier molecular flexibility index (Phi) is 4.17. The Morgan fingerprint density at radius 1 is 1.21 bits per heavy atom. The standard InChI is InChI=1S/C16H13BrO2/c1-11-9-13(16(19)14(17)10-11)15(18)8-7-12-5-3-2-4-6-12/h2-10,19H,1H3/b8-7+. The number of ketones is 1. The van der Waals surface area contributed by atoms with Crippen molar-refractivity contribution in [2.75, 3.05) is 0 Å². The highest BCUT2D eigenvalue weighted by molar-refractivity contribution is 9.10. The van der Waals surface area contributed by atoms with Crippen molar-refractivity contribution in [3.05, 3.63) is 69.7 Å². The predicted molar refractivity (Wildman–Crippen MR) is 80.4 cm³/mol. The number of benzene rings is 2. The maximum Gasteiger partial charge on any atom is 0.189 e. The third-order valence-electron chi connectivity index (χ3n) is 2.70. The molecule has 0 aliphatic rings. The number of halogens is 1. The van der Waals surface area contributed by atoms with Crippen LogP contribution in [0.1, 0.15) is 21.5 Å². The molecule has 0 spiro atoms. The van der Waals surface area contributed by atoms with Gasteiger partial charge < -0.3 is 5.11 Å². The van der Waals surface area contributed by atoms with Crippen molar-refractivity contribution in [3.63, 3.8) is 0 Å². The van der Waals surface area contributed by atoms with E-state index < -0.39 is 0 Å². The van der Waals surface area contributed by atoms with Gasteiger partial charge in [-0.15, -0.1) is 0 Å². The summed E-state index contributed by atoms with van der Waals surface area (Å²) in [6, 6.07) is 13.0. The minimum absolute atomic E-state index is 0.0201. The summed E-state index contributed by atoms with van der Waals surface area (Å²) < 4.78 is 0.531. The molecule has 0 fully saturated rings. The first-order chi connectivity index (χ1) is 9.08. The van der Waals surface area contributed by atoms with Crippen LogP contribution in [0.2, 0.25) is 0 Å². The van der Waals surface area contributed by atoms with Gasteiger partial charge in [-0.25, -0.2) is 0 Å². The molecular weight excluding hydrogens is 304 g/mol. The van der Waals surface area contributed by atoms with E-state index in [-0.39, 0.29) is 11.5 Å². The highest BCUT2D eigenvalue weighted by atomic mass is 79.9. The summed E-state index contributed by atoms with van der Waals surface area (Å²) in [5.41, 5.74) is 2.17. The quantitative estimate of drug-likeness (QED) is 0.674. The van der Waals surface area contributed by atoms with Gasteiger partial charge in [-0.05, 0) is 52.2 Å². The lowest BCUT2D eigenvalue weighted by Crippen LogP contribution is -1.96. The van der Waals surface area contributed by atoms with Crippen LogP contribution in [-0.2, 0) is 0 Å². The largest absolute Gasteiger partial charge is 0.506 e. The van der Waals surface area contributed by atoms with Gasteiger partial charge in [-0.2, -0.15) is 0 Å². The Balaban J connectivity index is 2.28. The number of aromatic hydroxyl groups is 1. The van der Waals surface area contributed by atoms with E-state index in [0.29, 0.717) is 10.0 Å². The van der Waals surface area contributed by atoms with Crippen molar-refractivity contribution < 1.29 is 9.90 Å². The maximum absolute atomic E-state index is 12.1. The van der Waals surface area contributed by atoms with Crippen molar-refractivity contribution in [1.82, 2.24) is 0 Å². The van der Waals surface area contributed by atoms with Crippen LogP contribution in [-0.4, -0.2) is 10.9 Å². The molecule has 19 heavy (non-hydrogen) atoms. The second-order valence-corrected chi connectivity index (χ2v) is 5.11. The van der Waals surface area contributed by atoms with Gasteiger partial charge in [0.2, 0.25) is 0 Å². The van der Waals surface area contributed by atoms with E-state index in [4.69, 9.17) is 0 Å². The molecule has 0 bridgehead atoms. The van der Waals surface area contributed by atoms with Gasteiger partial charge in [0.25, 0.3) is 0 Å². The lowest BCUT2D eigenvalue weighted by atomic mass is 10.1. The maximum atomic E-state index is 12.1. The van der Waals surface area contributed by atoms with E-state index >= 15 is 0 Å². The number of allylic oxidation sites excluding steroid dienone is 1. The second-order valence-electron chi connectivity index (χ2n) is 4.25. The minimum atomic E-state index is -0.217. The number of rotatable bonds is 3. The van der Waals surface area contributed by atoms with Gasteiger partial charge >= 0.3 is 0 Å². The third kappa shape index (κ3) is 3.32. The molecular formula is C16H13BrO2. The molecule has 0 amide bonds. The summed E-state index contributed by atoms with van der Waals surface area (Å²) in [5, 5.41) is 9.89. The first-order valence-electron chi connectivity index (χ1n) is 5.84. The monoisotopic (exact) mass is 316 g/mol. The van der Waals surface area contributed by atoms with Crippen LogP contribution >= 0.6 is 15.9 Å². The summed E-state index contributed by atoms with van der Waals surface area (Å²) in [5.74, 6) is -0.237. The number of carbonyl (C=O) groups excluding carboxylic acids is 1. The van der Waals surface area contributed by atoms with Gasteiger partial charge in [0.15, 0.2) is 5.78 Å². The molecule has 0 saturated carbocycles. The summed E-state index contributed by atoms with van der Waals surface area (Å²) in [6.45, 7) is 1.88. The summed E-state index contributed by atoms with van der Waals surface area (Å²) in [7, 11) is 0. The molecule has 0 radical (unpaired) electrons. The number of phenolic OH excluding ortho intramolecular Hbond substituents is 1. The fraction of sp³-hybridized carbons (Fsp3) is 0.0625. The molecule has 2 aromatic carbocycles. The minimum Gasteiger partial charge on any atom is -0.506 e. The first kappa shape index (κ1) is 13.6. The van der Waals surface area contributed by atoms with Gasteiger partial charge in [0.1, 0.15) is 5.75 Å². The van der Waals surface area contributed by atoms with Crippen LogP contribution in [0.15, 0.2) is 53.0 Å². The van der Waals surface area contributed by atoms with E-state index in [1.54, 1.807) is 18.2 Å². The molecule has 2 nitrogen and oxygen atoms in total. The summed E-state index contributed by atoms with van der Waals surface area (Å²) in [4.78, 5) is 12.1. The van der Waals surface area contributed by atoms with Crippen LogP contribution in [0.4, 0.5) is 0 Å². The van der Waals surface area contributed by atoms with Gasteiger partial charge in [0.05, 0.1) is 10.0 Å². The fourth-order valence-electron chi connectivity index (χ4n) is 1.75. The Morgan fingerprint density at radius 2 is 1.89 bits per heavy atom. The Hall–Kier alpha value is -1.87. The molecule has 0 heterocycles. The van der Waals surface area contributed by atoms with Crippen LogP contribution in [0.5, 0.6) is 5.75 Å². The first-order valence-corrected chi connectivity index (χ1v) is 6.64. The van der Waals surface area contributed by atoms with E-state index in [2.05, 4.69) is 15.9 Å². The van der Waals surface area contributed by atoms with Crippen LogP contribution in [0, 0.1) is 6.92 Å². The smallest absolute Gasteiger partial charge is 0.189 e. The fourth-order valence-corrected chi connectivity index (χ4v) is 2.32. The van der Waals surface area contributed by atoms with Crippen molar-refractivity contribution in [2.45, 2.75) is 6.92 Å². The molecule has 3 heteroatoms. The molecule has 2 aromatic rings. The SMILES string of the molecule is Cc1cc(Br)c(O)c(C(=O)/C=C/c2ccccc2)c1. The Morgan fingerprint density at radius 3 is 2.58 bits per heavy atom. The third-order valence-corrected chi connectivity index (χ3v) is 3.30. The average molecular weight is 317 g/mol. The Bertz CT molecular complexity index is 631. The molecule has 0 aliphatic carbocycles. The molecule has 0 saturated heterocycles. The zero-order valence-corrected chi connectivity index (χ0v) is 12.0. The van der Waals surface area contributed by atoms with Crippen molar-refractivity contribution in [2.24, 2.45) is 0 Å². The van der Waals surface area contributed by atoms with E-state index in [1.807, 2.05) is 37.3 Å². The molecule has 1 N–H and O–H groups in total. The highest BCUT2D eigenvalue weighted by Gasteiger charge is 2.11. The molecule has 0 aliphatic heterocycles. The molecule has 96 valence electrons. The predicted octanol–water partition coefficient (Wildman–Crippen LogP) is 4.36. The van der Waals surface area contributed by atoms with Gasteiger partial charge in [-0.3, -0.25) is 4.79 Å². The normalized spacial score (nSPS) is 10.8. The topological polar surface area (TPSA) is 37.3 Å². The zero-order chi connectivity index (χ0) is 13.8. The number of aryl methyl sites for hydroxylation is 1. The summed E-state index contributed by atoms with van der Waals surface area (Å²) in [6.07, 6.45) is 3.20. The molecule has 2 rings (SSSR count). The summed E-state index contributed by atoms with van der Waals surface area (Å²) >= 11 is 3.23. The number of phenols is 1. The molecule has 0 atom stereocenters. The van der Waals surface area contributed by atoms with Crippen molar-refractivity contribution in [1.29, 1.82) is 0 Å². The van der Waals surface area contributed by atoms with Crippen molar-refractivity contribution >= 4 is 27.8 Å². The Labute approximate surface area is 120 Å². The highest BCUT2D eigenvalue weighted by Crippen LogP contribution is 2.29. The molecule has 0 aromatic heterocycles. The zero-order valence-electron chi connectivity index (χ0n) is 10.4. The number of hydrogen-bond acceptors (Lipinski definition) is 2.